The van der Waals surface area contributed by atoms with Gasteiger partial charge in [-0.1, -0.05) is 23.4 Å². The van der Waals surface area contributed by atoms with Crippen LogP contribution in [0.2, 0.25) is 0 Å². The van der Waals surface area contributed by atoms with Crippen LogP contribution in [0.3, 0.4) is 0 Å². The predicted octanol–water partition coefficient (Wildman–Crippen LogP) is 1.86. The van der Waals surface area contributed by atoms with Gasteiger partial charge in [0.1, 0.15) is 0 Å². The van der Waals surface area contributed by atoms with E-state index in [1.54, 1.807) is 13.0 Å². The topological polar surface area (TPSA) is 55.7 Å². The van der Waals surface area contributed by atoms with Crippen molar-refractivity contribution in [3.8, 4) is 0 Å². The summed E-state index contributed by atoms with van der Waals surface area (Å²) < 4.78 is 25.3. The molecule has 0 saturated heterocycles. The highest BCUT2D eigenvalue weighted by molar-refractivity contribution is 7.85. The Bertz CT molecular complexity index is 339. The second-order valence-electron chi connectivity index (χ2n) is 2.72. The Labute approximate surface area is 85.1 Å². The highest BCUT2D eigenvalue weighted by atomic mass is 32.2. The third-order valence-corrected chi connectivity index (χ3v) is 1.53. The van der Waals surface area contributed by atoms with Crippen molar-refractivity contribution < 1.29 is 12.7 Å². The average molecular weight is 217 g/mol. The molecule has 0 atom stereocenters. The molecule has 0 aromatic carbocycles. The van der Waals surface area contributed by atoms with Crippen molar-refractivity contribution in [2.45, 2.75) is 20.3 Å². The van der Waals surface area contributed by atoms with E-state index >= 15 is 0 Å². The summed E-state index contributed by atoms with van der Waals surface area (Å²) in [6.07, 6.45) is 9.22. The van der Waals surface area contributed by atoms with Crippen molar-refractivity contribution in [3.63, 3.8) is 0 Å². The number of nitrogens with zero attached hydrogens (tertiary/aromatic N) is 1. The number of rotatable bonds is 5. The third-order valence-electron chi connectivity index (χ3n) is 1.18. The molecule has 80 valence electrons. The molecule has 4 nitrogen and oxygen atoms in total. The molecule has 0 fully saturated rings. The molecule has 0 unspecified atom stereocenters. The van der Waals surface area contributed by atoms with Gasteiger partial charge in [0.15, 0.2) is 0 Å². The minimum atomic E-state index is -3.49. The molecule has 0 aromatic rings. The minimum absolute atomic E-state index is 0.514. The zero-order chi connectivity index (χ0) is 11.0. The number of hydrogen-bond acceptors (Lipinski definition) is 4. The van der Waals surface area contributed by atoms with Crippen LogP contribution in [0, 0.1) is 0 Å². The molecule has 0 aromatic heterocycles. The maximum Gasteiger partial charge on any atom is 0.325 e. The van der Waals surface area contributed by atoms with E-state index in [2.05, 4.69) is 9.44 Å². The highest BCUT2D eigenvalue weighted by Gasteiger charge is 1.98. The Morgan fingerprint density at radius 2 is 2.07 bits per heavy atom. The monoisotopic (exact) mass is 217 g/mol. The van der Waals surface area contributed by atoms with E-state index in [1.807, 2.05) is 25.2 Å². The molecule has 0 radical (unpaired) electrons. The predicted molar refractivity (Wildman–Crippen MR) is 57.6 cm³/mol. The van der Waals surface area contributed by atoms with Crippen LogP contribution in [0.1, 0.15) is 20.3 Å². The van der Waals surface area contributed by atoms with Gasteiger partial charge in [0.2, 0.25) is 0 Å². The van der Waals surface area contributed by atoms with Crippen molar-refractivity contribution in [3.05, 3.63) is 24.3 Å². The molecule has 0 heterocycles. The Morgan fingerprint density at radius 3 is 2.57 bits per heavy atom. The van der Waals surface area contributed by atoms with Crippen LogP contribution in [0.25, 0.3) is 0 Å². The fourth-order valence-corrected chi connectivity index (χ4v) is 0.863. The van der Waals surface area contributed by atoms with Crippen LogP contribution in [0.5, 0.6) is 0 Å². The van der Waals surface area contributed by atoms with Gasteiger partial charge in [-0.05, 0) is 26.3 Å². The molecule has 14 heavy (non-hydrogen) atoms. The molecular weight excluding hydrogens is 202 g/mol. The van der Waals surface area contributed by atoms with Gasteiger partial charge in [-0.25, -0.2) is 0 Å². The summed E-state index contributed by atoms with van der Waals surface area (Å²) in [5.74, 6) is 0. The second kappa shape index (κ2) is 6.37. The van der Waals surface area contributed by atoms with Gasteiger partial charge in [-0.15, -0.1) is 0 Å². The lowest BCUT2D eigenvalue weighted by Crippen LogP contribution is -1.98. The lowest BCUT2D eigenvalue weighted by atomic mass is 10.3. The van der Waals surface area contributed by atoms with E-state index < -0.39 is 10.1 Å². The highest BCUT2D eigenvalue weighted by Crippen LogP contribution is 1.92. The molecule has 0 aliphatic carbocycles. The fraction of sp³-hybridized carbons (Fsp3) is 0.444. The van der Waals surface area contributed by atoms with E-state index in [-0.39, 0.29) is 0 Å². The minimum Gasteiger partial charge on any atom is -0.268 e. The van der Waals surface area contributed by atoms with Crippen LogP contribution >= 0.6 is 0 Å². The van der Waals surface area contributed by atoms with Crippen molar-refractivity contribution >= 4 is 15.8 Å². The van der Waals surface area contributed by atoms with E-state index in [0.717, 1.165) is 12.7 Å². The smallest absolute Gasteiger partial charge is 0.268 e. The maximum atomic E-state index is 10.5. The van der Waals surface area contributed by atoms with Gasteiger partial charge in [0, 0.05) is 0 Å². The molecule has 5 heteroatoms. The fourth-order valence-electron chi connectivity index (χ4n) is 0.610. The zero-order valence-electron chi connectivity index (χ0n) is 8.60. The van der Waals surface area contributed by atoms with Crippen molar-refractivity contribution in [1.29, 1.82) is 0 Å². The SMILES string of the molecule is C/C=C\C/C=C\C(C)=N\OS(C)(=O)=O. The quantitative estimate of drug-likeness (QED) is 0.401. The van der Waals surface area contributed by atoms with E-state index in [9.17, 15) is 8.42 Å². The van der Waals surface area contributed by atoms with Crippen LogP contribution in [-0.2, 0) is 14.4 Å². The third kappa shape index (κ3) is 8.99. The summed E-state index contributed by atoms with van der Waals surface area (Å²) >= 11 is 0. The van der Waals surface area contributed by atoms with Gasteiger partial charge in [-0.3, -0.25) is 4.28 Å². The first-order chi connectivity index (χ1) is 6.45. The zero-order valence-corrected chi connectivity index (χ0v) is 9.41. The summed E-state index contributed by atoms with van der Waals surface area (Å²) in [6.45, 7) is 3.60. The molecule has 0 aliphatic rings. The maximum absolute atomic E-state index is 10.5. The first-order valence-electron chi connectivity index (χ1n) is 4.16. The van der Waals surface area contributed by atoms with Gasteiger partial charge in [-0.2, -0.15) is 8.42 Å². The van der Waals surface area contributed by atoms with E-state index in [4.69, 9.17) is 0 Å². The Hall–Kier alpha value is -1.10. The van der Waals surface area contributed by atoms with Crippen molar-refractivity contribution in [2.75, 3.05) is 6.26 Å². The summed E-state index contributed by atoms with van der Waals surface area (Å²) in [4.78, 5) is 0. The molecule has 0 spiro atoms. The standard InChI is InChI=1S/C9H15NO3S/c1-4-5-6-7-8-9(2)10-13-14(3,11)12/h4-5,7-8H,6H2,1-3H3/b5-4-,8-7-,10-9+. The summed E-state index contributed by atoms with van der Waals surface area (Å²) in [5.41, 5.74) is 0.514. The molecular formula is C9H15NO3S. The molecule has 0 bridgehead atoms. The first kappa shape index (κ1) is 12.9. The molecule has 0 rings (SSSR count). The molecule has 0 amide bonds. The van der Waals surface area contributed by atoms with Gasteiger partial charge in [0.05, 0.1) is 12.0 Å². The lowest BCUT2D eigenvalue weighted by molar-refractivity contribution is 0.343. The van der Waals surface area contributed by atoms with Crippen molar-refractivity contribution in [2.24, 2.45) is 5.16 Å². The Kier molecular flexibility index (Phi) is 5.87. The van der Waals surface area contributed by atoms with Crippen LogP contribution in [0.4, 0.5) is 0 Å². The molecule has 0 aliphatic heterocycles. The normalized spacial score (nSPS) is 14.1. The van der Waals surface area contributed by atoms with Gasteiger partial charge in [0.25, 0.3) is 0 Å². The van der Waals surface area contributed by atoms with Gasteiger partial charge >= 0.3 is 10.1 Å². The largest absolute Gasteiger partial charge is 0.325 e. The lowest BCUT2D eigenvalue weighted by Gasteiger charge is -1.93. The van der Waals surface area contributed by atoms with E-state index in [0.29, 0.717) is 5.71 Å². The van der Waals surface area contributed by atoms with E-state index in [1.165, 1.54) is 0 Å². The number of hydrogen-bond donors (Lipinski definition) is 0. The number of oxime groups is 1. The molecule has 0 N–H and O–H groups in total. The van der Waals surface area contributed by atoms with Crippen LogP contribution < -0.4 is 0 Å². The summed E-state index contributed by atoms with van der Waals surface area (Å²) in [5, 5.41) is 3.41. The van der Waals surface area contributed by atoms with Crippen LogP contribution in [-0.4, -0.2) is 20.4 Å². The summed E-state index contributed by atoms with van der Waals surface area (Å²) in [7, 11) is -3.49. The summed E-state index contributed by atoms with van der Waals surface area (Å²) in [6, 6.07) is 0. The van der Waals surface area contributed by atoms with Crippen LogP contribution in [0.15, 0.2) is 29.5 Å². The van der Waals surface area contributed by atoms with Gasteiger partial charge < -0.3 is 0 Å². The Morgan fingerprint density at radius 1 is 1.43 bits per heavy atom. The first-order valence-corrected chi connectivity index (χ1v) is 5.98. The average Bonchev–Trinajstić information content (AvgIpc) is 2.08. The second-order valence-corrected chi connectivity index (χ2v) is 4.28. The molecule has 0 saturated carbocycles. The Balaban J connectivity index is 4.07. The number of allylic oxidation sites excluding steroid dienone is 4. The van der Waals surface area contributed by atoms with Crippen molar-refractivity contribution in [1.82, 2.24) is 0 Å².